The molecule has 24 heavy (non-hydrogen) atoms. The first kappa shape index (κ1) is 17.9. The molecule has 3 atom stereocenters. The Labute approximate surface area is 152 Å². The summed E-state index contributed by atoms with van der Waals surface area (Å²) in [6, 6.07) is 8.19. The van der Waals surface area contributed by atoms with Gasteiger partial charge in [0.25, 0.3) is 0 Å². The number of nitrogens with zero attached hydrogens (tertiary/aromatic N) is 1. The Hall–Kier alpha value is -0.910. The average molecular weight is 396 g/mol. The van der Waals surface area contributed by atoms with Crippen LogP contribution in [0.15, 0.2) is 28.7 Å². The number of carbonyl (C=O) groups excluding carboxylic acids is 1. The van der Waals surface area contributed by atoms with Crippen LogP contribution in [0.1, 0.15) is 31.7 Å². The zero-order valence-corrected chi connectivity index (χ0v) is 16.0. The van der Waals surface area contributed by atoms with Crippen LogP contribution in [-0.4, -0.2) is 49.8 Å². The maximum absolute atomic E-state index is 12.3. The summed E-state index contributed by atoms with van der Waals surface area (Å²) in [5.74, 6) is 0.877. The third-order valence-corrected chi connectivity index (χ3v) is 5.12. The molecule has 4 nitrogen and oxygen atoms in total. The summed E-state index contributed by atoms with van der Waals surface area (Å²) < 4.78 is 12.3. The summed E-state index contributed by atoms with van der Waals surface area (Å²) >= 11 is 3.48. The number of halogens is 1. The van der Waals surface area contributed by atoms with Crippen LogP contribution in [-0.2, 0) is 14.3 Å². The molecule has 1 aromatic rings. The highest BCUT2D eigenvalue weighted by molar-refractivity contribution is 9.10. The monoisotopic (exact) mass is 395 g/mol. The molecular weight excluding hydrogens is 370 g/mol. The van der Waals surface area contributed by atoms with Crippen LogP contribution in [0, 0.1) is 11.8 Å². The average Bonchev–Trinajstić information content (AvgIpc) is 3.33. The highest BCUT2D eigenvalue weighted by atomic mass is 79.9. The quantitative estimate of drug-likeness (QED) is 0.691. The molecule has 2 aliphatic rings. The van der Waals surface area contributed by atoms with Crippen molar-refractivity contribution in [1.82, 2.24) is 4.90 Å². The van der Waals surface area contributed by atoms with Gasteiger partial charge in [-0.1, -0.05) is 41.9 Å². The number of ether oxygens (including phenoxy) is 2. The van der Waals surface area contributed by atoms with Crippen LogP contribution in [0.25, 0.3) is 0 Å². The summed E-state index contributed by atoms with van der Waals surface area (Å²) in [7, 11) is 0. The van der Waals surface area contributed by atoms with Crippen molar-refractivity contribution in [2.75, 3.05) is 32.8 Å². The molecule has 0 radical (unpaired) electrons. The number of benzene rings is 1. The zero-order chi connectivity index (χ0) is 17.1. The molecule has 1 aromatic carbocycles. The fraction of sp³-hybridized carbons (Fsp3) is 0.632. The van der Waals surface area contributed by atoms with E-state index in [4.69, 9.17) is 9.47 Å². The molecule has 1 heterocycles. The number of carbonyl (C=O) groups is 1. The minimum absolute atomic E-state index is 0.00418. The molecule has 1 aliphatic carbocycles. The Balaban J connectivity index is 1.43. The van der Waals surface area contributed by atoms with Crippen molar-refractivity contribution in [3.63, 3.8) is 0 Å². The van der Waals surface area contributed by atoms with Crippen molar-refractivity contribution in [3.05, 3.63) is 34.3 Å². The summed E-state index contributed by atoms with van der Waals surface area (Å²) in [6.07, 6.45) is 0.893. The Bertz CT molecular complexity index is 577. The fourth-order valence-electron chi connectivity index (χ4n) is 3.41. The third-order valence-electron chi connectivity index (χ3n) is 4.63. The van der Waals surface area contributed by atoms with Crippen molar-refractivity contribution in [2.45, 2.75) is 32.3 Å². The predicted molar refractivity (Wildman–Crippen MR) is 97.0 cm³/mol. The van der Waals surface area contributed by atoms with E-state index in [9.17, 15) is 4.79 Å². The van der Waals surface area contributed by atoms with Gasteiger partial charge in [-0.2, -0.15) is 0 Å². The van der Waals surface area contributed by atoms with E-state index in [0.29, 0.717) is 18.4 Å². The molecular formula is C19H26BrNO3. The maximum Gasteiger partial charge on any atom is 0.309 e. The van der Waals surface area contributed by atoms with Crippen LogP contribution in [0.4, 0.5) is 0 Å². The van der Waals surface area contributed by atoms with E-state index in [-0.39, 0.29) is 18.0 Å². The standard InChI is InChI=1S/C19H26BrNO3/c1-13(2)10-21-6-7-23-16(11-21)12-24-19(22)18-9-17(18)14-4-3-5-15(20)8-14/h3-5,8,13,16-18H,6-7,9-12H2,1-2H3. The first-order valence-corrected chi connectivity index (χ1v) is 9.58. The van der Waals surface area contributed by atoms with Crippen molar-refractivity contribution in [3.8, 4) is 0 Å². The van der Waals surface area contributed by atoms with E-state index in [1.54, 1.807) is 0 Å². The Morgan fingerprint density at radius 2 is 2.29 bits per heavy atom. The number of hydrogen-bond acceptors (Lipinski definition) is 4. The molecule has 1 aliphatic heterocycles. The fourth-order valence-corrected chi connectivity index (χ4v) is 3.82. The van der Waals surface area contributed by atoms with Crippen LogP contribution in [0.5, 0.6) is 0 Å². The van der Waals surface area contributed by atoms with Gasteiger partial charge in [0.15, 0.2) is 0 Å². The Morgan fingerprint density at radius 3 is 3.04 bits per heavy atom. The molecule has 0 spiro atoms. The SMILES string of the molecule is CC(C)CN1CCOC(COC(=O)C2CC2c2cccc(Br)c2)C1. The maximum atomic E-state index is 12.3. The predicted octanol–water partition coefficient (Wildman–Crippen LogP) is 3.45. The van der Waals surface area contributed by atoms with Crippen LogP contribution >= 0.6 is 15.9 Å². The summed E-state index contributed by atoms with van der Waals surface area (Å²) in [4.78, 5) is 14.7. The molecule has 5 heteroatoms. The highest BCUT2D eigenvalue weighted by Crippen LogP contribution is 2.48. The van der Waals surface area contributed by atoms with Gasteiger partial charge in [0, 0.05) is 24.1 Å². The number of morpholine rings is 1. The second-order valence-electron chi connectivity index (χ2n) is 7.28. The molecule has 1 saturated heterocycles. The van der Waals surface area contributed by atoms with Gasteiger partial charge in [0.05, 0.1) is 12.5 Å². The molecule has 0 aromatic heterocycles. The van der Waals surface area contributed by atoms with Gasteiger partial charge in [-0.3, -0.25) is 9.69 Å². The largest absolute Gasteiger partial charge is 0.463 e. The lowest BCUT2D eigenvalue weighted by Crippen LogP contribution is -2.46. The van der Waals surface area contributed by atoms with E-state index >= 15 is 0 Å². The topological polar surface area (TPSA) is 38.8 Å². The lowest BCUT2D eigenvalue weighted by molar-refractivity contribution is -0.152. The molecule has 0 bridgehead atoms. The van der Waals surface area contributed by atoms with Crippen molar-refractivity contribution in [2.24, 2.45) is 11.8 Å². The Morgan fingerprint density at radius 1 is 1.46 bits per heavy atom. The van der Waals surface area contributed by atoms with Gasteiger partial charge < -0.3 is 9.47 Å². The van der Waals surface area contributed by atoms with E-state index in [0.717, 1.165) is 37.1 Å². The first-order chi connectivity index (χ1) is 11.5. The molecule has 3 unspecified atom stereocenters. The number of rotatable bonds is 6. The molecule has 0 N–H and O–H groups in total. The van der Waals surface area contributed by atoms with Crippen molar-refractivity contribution in [1.29, 1.82) is 0 Å². The van der Waals surface area contributed by atoms with Gasteiger partial charge in [-0.05, 0) is 36.0 Å². The zero-order valence-electron chi connectivity index (χ0n) is 14.4. The minimum Gasteiger partial charge on any atom is -0.463 e. The van der Waals surface area contributed by atoms with Crippen molar-refractivity contribution < 1.29 is 14.3 Å². The molecule has 1 saturated carbocycles. The van der Waals surface area contributed by atoms with E-state index in [2.05, 4.69) is 46.8 Å². The van der Waals surface area contributed by atoms with Crippen LogP contribution < -0.4 is 0 Å². The number of hydrogen-bond donors (Lipinski definition) is 0. The Kier molecular flexibility index (Phi) is 5.95. The molecule has 2 fully saturated rings. The van der Waals surface area contributed by atoms with Gasteiger partial charge in [-0.15, -0.1) is 0 Å². The van der Waals surface area contributed by atoms with Gasteiger partial charge in [0.2, 0.25) is 0 Å². The van der Waals surface area contributed by atoms with E-state index in [1.165, 1.54) is 5.56 Å². The number of esters is 1. The lowest BCUT2D eigenvalue weighted by Gasteiger charge is -2.33. The van der Waals surface area contributed by atoms with Crippen LogP contribution in [0.2, 0.25) is 0 Å². The van der Waals surface area contributed by atoms with Gasteiger partial charge >= 0.3 is 5.97 Å². The second kappa shape index (κ2) is 7.98. The summed E-state index contributed by atoms with van der Waals surface area (Å²) in [5, 5.41) is 0. The molecule has 132 valence electrons. The van der Waals surface area contributed by atoms with Gasteiger partial charge in [-0.25, -0.2) is 0 Å². The summed E-state index contributed by atoms with van der Waals surface area (Å²) in [5.41, 5.74) is 1.21. The summed E-state index contributed by atoms with van der Waals surface area (Å²) in [6.45, 7) is 8.43. The lowest BCUT2D eigenvalue weighted by atomic mass is 10.1. The highest BCUT2D eigenvalue weighted by Gasteiger charge is 2.45. The van der Waals surface area contributed by atoms with Crippen molar-refractivity contribution >= 4 is 21.9 Å². The molecule has 3 rings (SSSR count). The normalized spacial score (nSPS) is 27.2. The van der Waals surface area contributed by atoms with Gasteiger partial charge in [0.1, 0.15) is 12.7 Å². The van der Waals surface area contributed by atoms with E-state index < -0.39 is 0 Å². The van der Waals surface area contributed by atoms with Crippen LogP contribution in [0.3, 0.4) is 0 Å². The smallest absolute Gasteiger partial charge is 0.309 e. The second-order valence-corrected chi connectivity index (χ2v) is 8.20. The third kappa shape index (κ3) is 4.80. The minimum atomic E-state index is -0.0791. The van der Waals surface area contributed by atoms with E-state index in [1.807, 2.05) is 12.1 Å². The first-order valence-electron chi connectivity index (χ1n) is 8.79. The molecule has 0 amide bonds.